The third-order valence-corrected chi connectivity index (χ3v) is 5.31. The largest absolute Gasteiger partial charge is 0.487 e. The Morgan fingerprint density at radius 2 is 2.04 bits per heavy atom. The molecule has 25 heavy (non-hydrogen) atoms. The fourth-order valence-electron chi connectivity index (χ4n) is 3.70. The summed E-state index contributed by atoms with van der Waals surface area (Å²) in [6.45, 7) is 6.70. The van der Waals surface area contributed by atoms with Crippen LogP contribution in [0.5, 0.6) is 17.2 Å². The van der Waals surface area contributed by atoms with E-state index in [1.54, 1.807) is 0 Å². The van der Waals surface area contributed by atoms with Gasteiger partial charge in [-0.25, -0.2) is 0 Å². The average Bonchev–Trinajstić information content (AvgIpc) is 2.63. The second-order valence-corrected chi connectivity index (χ2v) is 7.18. The lowest BCUT2D eigenvalue weighted by Crippen LogP contribution is -2.21. The van der Waals surface area contributed by atoms with Crippen molar-refractivity contribution < 1.29 is 14.2 Å². The molecule has 0 bridgehead atoms. The Kier molecular flexibility index (Phi) is 4.28. The first-order valence-corrected chi connectivity index (χ1v) is 9.44. The summed E-state index contributed by atoms with van der Waals surface area (Å²) in [5.74, 6) is 3.53. The van der Waals surface area contributed by atoms with Crippen molar-refractivity contribution in [3.05, 3.63) is 39.6 Å². The van der Waals surface area contributed by atoms with E-state index in [-0.39, 0.29) is 6.10 Å². The number of ether oxygens (including phenoxy) is 3. The molecule has 4 heteroatoms. The summed E-state index contributed by atoms with van der Waals surface area (Å²) in [7, 11) is 0. The number of benzene rings is 1. The van der Waals surface area contributed by atoms with Crippen molar-refractivity contribution in [3.63, 3.8) is 0 Å². The minimum absolute atomic E-state index is 0.0680. The van der Waals surface area contributed by atoms with Gasteiger partial charge in [-0.05, 0) is 43.6 Å². The van der Waals surface area contributed by atoms with E-state index in [2.05, 4.69) is 32.1 Å². The molecule has 3 heterocycles. The minimum Gasteiger partial charge on any atom is -0.487 e. The van der Waals surface area contributed by atoms with E-state index in [0.717, 1.165) is 76.0 Å². The highest BCUT2D eigenvalue weighted by molar-refractivity contribution is 6.33. The van der Waals surface area contributed by atoms with Gasteiger partial charge in [0.15, 0.2) is 0 Å². The first kappa shape index (κ1) is 16.6. The van der Waals surface area contributed by atoms with E-state index in [4.69, 9.17) is 25.8 Å². The Hall–Kier alpha value is -1.87. The lowest BCUT2D eigenvalue weighted by molar-refractivity contribution is 0.236. The second kappa shape index (κ2) is 6.45. The Bertz CT molecular complexity index is 817. The van der Waals surface area contributed by atoms with Crippen LogP contribution in [0.2, 0.25) is 0 Å². The van der Waals surface area contributed by atoms with E-state index in [9.17, 15) is 0 Å². The summed E-state index contributed by atoms with van der Waals surface area (Å²) in [4.78, 5) is 0. The standard InChI is InChI=1S/C21H23ClO3/c1-4-6-14-17(22)11-23-20-15-9-7-12(3)24-19(15)16-10-8-13(5-2)25-21(16)18(14)20/h7-8,10,13H,4-6,9,11H2,1-3H3. The molecule has 1 unspecified atom stereocenters. The van der Waals surface area contributed by atoms with Crippen LogP contribution in [0.4, 0.5) is 0 Å². The molecule has 0 spiro atoms. The van der Waals surface area contributed by atoms with E-state index < -0.39 is 0 Å². The Morgan fingerprint density at radius 1 is 1.20 bits per heavy atom. The van der Waals surface area contributed by atoms with Crippen LogP contribution in [0.3, 0.4) is 0 Å². The number of halogens is 1. The average molecular weight is 359 g/mol. The van der Waals surface area contributed by atoms with Crippen LogP contribution >= 0.6 is 11.6 Å². The number of hydrogen-bond acceptors (Lipinski definition) is 3. The van der Waals surface area contributed by atoms with Crippen molar-refractivity contribution in [2.24, 2.45) is 0 Å². The molecule has 0 radical (unpaired) electrons. The fourth-order valence-corrected chi connectivity index (χ4v) is 3.94. The van der Waals surface area contributed by atoms with E-state index in [1.807, 2.05) is 6.92 Å². The Labute approximate surface area is 153 Å². The van der Waals surface area contributed by atoms with Gasteiger partial charge in [-0.1, -0.05) is 31.9 Å². The molecule has 0 aliphatic carbocycles. The highest BCUT2D eigenvalue weighted by Crippen LogP contribution is 2.53. The van der Waals surface area contributed by atoms with Crippen molar-refractivity contribution in [1.82, 2.24) is 0 Å². The molecule has 3 aliphatic heterocycles. The third kappa shape index (κ3) is 2.65. The van der Waals surface area contributed by atoms with Crippen molar-refractivity contribution in [3.8, 4) is 17.2 Å². The SMILES string of the molecule is CCCC1=C(Cl)COc2c3c(c4c(c21)OC(CC)C=C4)OC(C)=CC3. The molecule has 4 rings (SSSR count). The smallest absolute Gasteiger partial charge is 0.145 e. The Balaban J connectivity index is 1.99. The molecule has 1 aromatic carbocycles. The number of fused-ring (bicyclic) bond motifs is 6. The van der Waals surface area contributed by atoms with Gasteiger partial charge in [0, 0.05) is 12.0 Å². The minimum atomic E-state index is 0.0680. The van der Waals surface area contributed by atoms with Crippen LogP contribution in [0, 0.1) is 0 Å². The lowest BCUT2D eigenvalue weighted by Gasteiger charge is -2.33. The summed E-state index contributed by atoms with van der Waals surface area (Å²) in [6, 6.07) is 0. The summed E-state index contributed by atoms with van der Waals surface area (Å²) in [6.07, 6.45) is 10.1. The first-order valence-electron chi connectivity index (χ1n) is 9.07. The molecule has 0 aromatic heterocycles. The van der Waals surface area contributed by atoms with Gasteiger partial charge in [0.2, 0.25) is 0 Å². The molecule has 0 saturated heterocycles. The number of allylic oxidation sites excluding steroid dienone is 3. The fraction of sp³-hybridized carbons (Fsp3) is 0.429. The summed E-state index contributed by atoms with van der Waals surface area (Å²) in [5.41, 5.74) is 4.29. The van der Waals surface area contributed by atoms with Crippen molar-refractivity contribution in [2.45, 2.75) is 52.6 Å². The van der Waals surface area contributed by atoms with E-state index in [1.165, 1.54) is 0 Å². The van der Waals surface area contributed by atoms with Crippen LogP contribution < -0.4 is 14.2 Å². The van der Waals surface area contributed by atoms with Crippen molar-refractivity contribution >= 4 is 23.3 Å². The van der Waals surface area contributed by atoms with Crippen LogP contribution in [0.15, 0.2) is 22.9 Å². The maximum atomic E-state index is 6.55. The summed E-state index contributed by atoms with van der Waals surface area (Å²) in [5, 5.41) is 0.783. The van der Waals surface area contributed by atoms with Crippen LogP contribution in [0.1, 0.15) is 56.7 Å². The zero-order valence-electron chi connectivity index (χ0n) is 14.9. The predicted octanol–water partition coefficient (Wildman–Crippen LogP) is 5.85. The van der Waals surface area contributed by atoms with Gasteiger partial charge < -0.3 is 14.2 Å². The van der Waals surface area contributed by atoms with Gasteiger partial charge in [-0.2, -0.15) is 0 Å². The zero-order chi connectivity index (χ0) is 17.6. The maximum absolute atomic E-state index is 6.55. The quantitative estimate of drug-likeness (QED) is 0.678. The third-order valence-electron chi connectivity index (χ3n) is 4.97. The van der Waals surface area contributed by atoms with Gasteiger partial charge >= 0.3 is 0 Å². The van der Waals surface area contributed by atoms with Crippen molar-refractivity contribution in [2.75, 3.05) is 6.61 Å². The molecule has 0 N–H and O–H groups in total. The molecule has 132 valence electrons. The molecule has 3 aliphatic rings. The molecule has 1 aromatic rings. The normalized spacial score (nSPS) is 20.6. The molecule has 1 atom stereocenters. The maximum Gasteiger partial charge on any atom is 0.145 e. The van der Waals surface area contributed by atoms with E-state index >= 15 is 0 Å². The highest BCUT2D eigenvalue weighted by atomic mass is 35.5. The first-order chi connectivity index (χ1) is 12.1. The molecule has 0 amide bonds. The molecular formula is C21H23ClO3. The summed E-state index contributed by atoms with van der Waals surface area (Å²) >= 11 is 6.55. The topological polar surface area (TPSA) is 27.7 Å². The molecular weight excluding hydrogens is 336 g/mol. The predicted molar refractivity (Wildman–Crippen MR) is 101 cm³/mol. The van der Waals surface area contributed by atoms with Gasteiger partial charge in [0.1, 0.15) is 30.0 Å². The highest BCUT2D eigenvalue weighted by Gasteiger charge is 2.34. The molecule has 0 fully saturated rings. The molecule has 3 nitrogen and oxygen atoms in total. The molecule has 0 saturated carbocycles. The van der Waals surface area contributed by atoms with Crippen LogP contribution in [-0.4, -0.2) is 12.7 Å². The van der Waals surface area contributed by atoms with Gasteiger partial charge in [0.25, 0.3) is 0 Å². The van der Waals surface area contributed by atoms with Gasteiger partial charge in [0.05, 0.1) is 21.9 Å². The van der Waals surface area contributed by atoms with Gasteiger partial charge in [-0.15, -0.1) is 0 Å². The van der Waals surface area contributed by atoms with Crippen LogP contribution in [-0.2, 0) is 6.42 Å². The van der Waals surface area contributed by atoms with Crippen molar-refractivity contribution in [1.29, 1.82) is 0 Å². The van der Waals surface area contributed by atoms with Crippen LogP contribution in [0.25, 0.3) is 11.6 Å². The Morgan fingerprint density at radius 3 is 2.80 bits per heavy atom. The van der Waals surface area contributed by atoms with Gasteiger partial charge in [-0.3, -0.25) is 0 Å². The number of hydrogen-bond donors (Lipinski definition) is 0. The number of rotatable bonds is 3. The second-order valence-electron chi connectivity index (χ2n) is 6.72. The van der Waals surface area contributed by atoms with E-state index in [0.29, 0.717) is 6.61 Å². The zero-order valence-corrected chi connectivity index (χ0v) is 15.7. The lowest BCUT2D eigenvalue weighted by atomic mass is 9.88. The monoisotopic (exact) mass is 358 g/mol. The summed E-state index contributed by atoms with van der Waals surface area (Å²) < 4.78 is 18.5.